The first-order valence-corrected chi connectivity index (χ1v) is 8.96. The van der Waals surface area contributed by atoms with E-state index in [0.717, 1.165) is 57.9 Å². The van der Waals surface area contributed by atoms with Crippen molar-refractivity contribution in [2.75, 3.05) is 6.54 Å². The van der Waals surface area contributed by atoms with Gasteiger partial charge in [0.1, 0.15) is 6.10 Å². The normalized spacial score (nSPS) is 32.0. The van der Waals surface area contributed by atoms with Gasteiger partial charge in [-0.1, -0.05) is 19.8 Å². The minimum Gasteiger partial charge on any atom is -0.462 e. The number of rotatable bonds is 4. The average Bonchev–Trinajstić information content (AvgIpc) is 2.46. The smallest absolute Gasteiger partial charge is 0.302 e. The highest BCUT2D eigenvalue weighted by molar-refractivity contribution is 5.74. The van der Waals surface area contributed by atoms with Crippen molar-refractivity contribution in [2.45, 2.75) is 90.2 Å². The lowest BCUT2D eigenvalue weighted by molar-refractivity contribution is -0.165. The van der Waals surface area contributed by atoms with E-state index in [1.165, 1.54) is 13.3 Å². The Labute approximate surface area is 134 Å². The molecule has 1 saturated heterocycles. The van der Waals surface area contributed by atoms with Crippen LogP contribution in [0.5, 0.6) is 0 Å². The van der Waals surface area contributed by atoms with E-state index in [-0.39, 0.29) is 23.5 Å². The maximum absolute atomic E-state index is 12.2. The summed E-state index contributed by atoms with van der Waals surface area (Å²) in [6.45, 7) is 6.26. The first kappa shape index (κ1) is 17.3. The zero-order valence-corrected chi connectivity index (χ0v) is 14.4. The minimum atomic E-state index is -0.186. The van der Waals surface area contributed by atoms with Crippen molar-refractivity contribution in [2.24, 2.45) is 5.92 Å². The monoisotopic (exact) mass is 309 g/mol. The maximum atomic E-state index is 12.2. The Bertz CT molecular complexity index is 405. The van der Waals surface area contributed by atoms with E-state index in [0.29, 0.717) is 5.92 Å². The summed E-state index contributed by atoms with van der Waals surface area (Å²) in [6, 6.07) is 0. The number of carbonyl (C=O) groups excluding carboxylic acids is 2. The van der Waals surface area contributed by atoms with Gasteiger partial charge < -0.3 is 9.64 Å². The van der Waals surface area contributed by atoms with Crippen LogP contribution in [0.3, 0.4) is 0 Å². The standard InChI is InChI=1S/C18H31NO3/c1-4-5-9-16-17(22-15(3)21)10-8-12-18(16)11-6-7-13-19(18)14(2)20/h16-17H,4-13H2,1-3H3. The highest BCUT2D eigenvalue weighted by Gasteiger charge is 2.51. The lowest BCUT2D eigenvalue weighted by atomic mass is 9.64. The Balaban J connectivity index is 2.30. The lowest BCUT2D eigenvalue weighted by Gasteiger charge is -2.56. The second-order valence-electron chi connectivity index (χ2n) is 7.02. The zero-order valence-electron chi connectivity index (χ0n) is 14.4. The molecule has 1 amide bonds. The Morgan fingerprint density at radius 1 is 1.18 bits per heavy atom. The molecule has 0 aromatic heterocycles. The summed E-state index contributed by atoms with van der Waals surface area (Å²) in [5.74, 6) is 0.299. The molecule has 0 bridgehead atoms. The first-order valence-electron chi connectivity index (χ1n) is 8.96. The number of ether oxygens (including phenoxy) is 1. The third kappa shape index (κ3) is 3.47. The summed E-state index contributed by atoms with van der Waals surface area (Å²) in [6.07, 6.45) is 9.72. The van der Waals surface area contributed by atoms with Gasteiger partial charge in [0.25, 0.3) is 0 Å². The molecule has 1 aliphatic carbocycles. The van der Waals surface area contributed by atoms with Crippen molar-refractivity contribution in [3.8, 4) is 0 Å². The molecule has 22 heavy (non-hydrogen) atoms. The molecular weight excluding hydrogens is 278 g/mol. The number of amides is 1. The van der Waals surface area contributed by atoms with Crippen LogP contribution in [0.2, 0.25) is 0 Å². The molecular formula is C18H31NO3. The van der Waals surface area contributed by atoms with Gasteiger partial charge in [-0.25, -0.2) is 0 Å². The van der Waals surface area contributed by atoms with E-state index in [2.05, 4.69) is 11.8 Å². The molecule has 1 heterocycles. The molecule has 2 aliphatic rings. The van der Waals surface area contributed by atoms with E-state index in [4.69, 9.17) is 4.74 Å². The molecule has 4 heteroatoms. The summed E-state index contributed by atoms with van der Waals surface area (Å²) in [5, 5.41) is 0. The number of esters is 1. The van der Waals surface area contributed by atoms with Crippen LogP contribution in [-0.4, -0.2) is 35.0 Å². The van der Waals surface area contributed by atoms with Crippen molar-refractivity contribution >= 4 is 11.9 Å². The molecule has 2 fully saturated rings. The second kappa shape index (κ2) is 7.47. The quantitative estimate of drug-likeness (QED) is 0.744. The fourth-order valence-electron chi connectivity index (χ4n) is 4.75. The number of carbonyl (C=O) groups is 2. The summed E-state index contributed by atoms with van der Waals surface area (Å²) in [4.78, 5) is 25.9. The number of piperidine rings is 1. The van der Waals surface area contributed by atoms with Gasteiger partial charge in [-0.2, -0.15) is 0 Å². The third-order valence-electron chi connectivity index (χ3n) is 5.58. The third-order valence-corrected chi connectivity index (χ3v) is 5.58. The van der Waals surface area contributed by atoms with E-state index in [9.17, 15) is 9.59 Å². The lowest BCUT2D eigenvalue weighted by Crippen LogP contribution is -2.62. The molecule has 2 rings (SSSR count). The predicted molar refractivity (Wildman–Crippen MR) is 86.4 cm³/mol. The van der Waals surface area contributed by atoms with Crippen molar-refractivity contribution < 1.29 is 14.3 Å². The molecule has 0 radical (unpaired) electrons. The van der Waals surface area contributed by atoms with E-state index < -0.39 is 0 Å². The van der Waals surface area contributed by atoms with Gasteiger partial charge in [0.15, 0.2) is 0 Å². The Morgan fingerprint density at radius 2 is 1.91 bits per heavy atom. The predicted octanol–water partition coefficient (Wildman–Crippen LogP) is 3.68. The number of hydrogen-bond acceptors (Lipinski definition) is 3. The maximum Gasteiger partial charge on any atom is 0.302 e. The molecule has 1 spiro atoms. The summed E-state index contributed by atoms with van der Waals surface area (Å²) >= 11 is 0. The van der Waals surface area contributed by atoms with E-state index in [1.54, 1.807) is 6.92 Å². The van der Waals surface area contributed by atoms with Gasteiger partial charge in [-0.05, 0) is 44.9 Å². The Morgan fingerprint density at radius 3 is 2.55 bits per heavy atom. The van der Waals surface area contributed by atoms with Crippen LogP contribution in [0, 0.1) is 5.92 Å². The van der Waals surface area contributed by atoms with Gasteiger partial charge >= 0.3 is 5.97 Å². The Hall–Kier alpha value is -1.06. The highest BCUT2D eigenvalue weighted by atomic mass is 16.5. The number of hydrogen-bond donors (Lipinski definition) is 0. The van der Waals surface area contributed by atoms with Crippen molar-refractivity contribution in [1.82, 2.24) is 4.90 Å². The van der Waals surface area contributed by atoms with Crippen LogP contribution in [0.25, 0.3) is 0 Å². The van der Waals surface area contributed by atoms with Gasteiger partial charge in [0, 0.05) is 31.8 Å². The first-order chi connectivity index (χ1) is 10.5. The number of likely N-dealkylation sites (tertiary alicyclic amines) is 1. The van der Waals surface area contributed by atoms with Crippen LogP contribution in [0.1, 0.15) is 78.6 Å². The fraction of sp³-hybridized carbons (Fsp3) is 0.889. The van der Waals surface area contributed by atoms with Crippen LogP contribution >= 0.6 is 0 Å². The topological polar surface area (TPSA) is 46.6 Å². The minimum absolute atomic E-state index is 0.0160. The van der Waals surface area contributed by atoms with Crippen LogP contribution in [0.4, 0.5) is 0 Å². The number of unbranched alkanes of at least 4 members (excludes halogenated alkanes) is 1. The summed E-state index contributed by atoms with van der Waals surface area (Å²) in [5.41, 5.74) is -0.0718. The molecule has 3 unspecified atom stereocenters. The molecule has 1 saturated carbocycles. The molecule has 0 aromatic rings. The molecule has 126 valence electrons. The van der Waals surface area contributed by atoms with Crippen LogP contribution in [-0.2, 0) is 14.3 Å². The van der Waals surface area contributed by atoms with Crippen molar-refractivity contribution in [1.29, 1.82) is 0 Å². The van der Waals surface area contributed by atoms with E-state index >= 15 is 0 Å². The number of nitrogens with zero attached hydrogens (tertiary/aromatic N) is 1. The highest BCUT2D eigenvalue weighted by Crippen LogP contribution is 2.47. The summed E-state index contributed by atoms with van der Waals surface area (Å²) < 4.78 is 5.68. The van der Waals surface area contributed by atoms with Gasteiger partial charge in [-0.15, -0.1) is 0 Å². The van der Waals surface area contributed by atoms with Gasteiger partial charge in [0.05, 0.1) is 0 Å². The largest absolute Gasteiger partial charge is 0.462 e. The molecule has 0 aromatic carbocycles. The second-order valence-corrected chi connectivity index (χ2v) is 7.02. The molecule has 1 aliphatic heterocycles. The SMILES string of the molecule is CCCCC1C(OC(C)=O)CCCC12CCCCN2C(C)=O. The average molecular weight is 309 g/mol. The van der Waals surface area contributed by atoms with Gasteiger partial charge in [0.2, 0.25) is 5.91 Å². The van der Waals surface area contributed by atoms with Crippen LogP contribution < -0.4 is 0 Å². The van der Waals surface area contributed by atoms with Crippen molar-refractivity contribution in [3.63, 3.8) is 0 Å². The Kier molecular flexibility index (Phi) is 5.87. The van der Waals surface area contributed by atoms with Crippen molar-refractivity contribution in [3.05, 3.63) is 0 Å². The van der Waals surface area contributed by atoms with Gasteiger partial charge in [-0.3, -0.25) is 9.59 Å². The molecule has 3 atom stereocenters. The van der Waals surface area contributed by atoms with E-state index in [1.807, 2.05) is 0 Å². The zero-order chi connectivity index (χ0) is 16.2. The molecule has 0 N–H and O–H groups in total. The van der Waals surface area contributed by atoms with Crippen LogP contribution in [0.15, 0.2) is 0 Å². The summed E-state index contributed by atoms with van der Waals surface area (Å²) in [7, 11) is 0. The molecule has 4 nitrogen and oxygen atoms in total. The fourth-order valence-corrected chi connectivity index (χ4v) is 4.75.